The van der Waals surface area contributed by atoms with Gasteiger partial charge in [-0.1, -0.05) is 11.6 Å². The summed E-state index contributed by atoms with van der Waals surface area (Å²) in [6.45, 7) is 1.58. The van der Waals surface area contributed by atoms with Gasteiger partial charge in [-0.2, -0.15) is 0 Å². The van der Waals surface area contributed by atoms with Crippen LogP contribution in [-0.2, 0) is 16.0 Å². The summed E-state index contributed by atoms with van der Waals surface area (Å²) in [5.74, 6) is -0.797. The Balaban J connectivity index is 3.06. The highest BCUT2D eigenvalue weighted by molar-refractivity contribution is 6.31. The Labute approximate surface area is 86.6 Å². The van der Waals surface area contributed by atoms with Gasteiger partial charge < -0.3 is 4.74 Å². The third kappa shape index (κ3) is 2.23. The third-order valence-electron chi connectivity index (χ3n) is 2.02. The van der Waals surface area contributed by atoms with Crippen LogP contribution in [0.4, 0.5) is 4.39 Å². The standard InChI is InChI=1S/C10H10ClFO2/c1-6-7(5-10(13)14-2)8(11)3-4-9(6)12/h3-4H,5H2,1-2H3. The molecule has 4 heteroatoms. The number of rotatable bonds is 2. The quantitative estimate of drug-likeness (QED) is 0.710. The minimum absolute atomic E-state index is 0.00106. The van der Waals surface area contributed by atoms with E-state index in [0.29, 0.717) is 16.1 Å². The predicted molar refractivity (Wildman–Crippen MR) is 51.9 cm³/mol. The van der Waals surface area contributed by atoms with Gasteiger partial charge in [0.05, 0.1) is 13.5 Å². The summed E-state index contributed by atoms with van der Waals surface area (Å²) in [6, 6.07) is 2.71. The number of esters is 1. The lowest BCUT2D eigenvalue weighted by Crippen LogP contribution is -2.07. The van der Waals surface area contributed by atoms with Crippen LogP contribution in [-0.4, -0.2) is 13.1 Å². The first-order chi connectivity index (χ1) is 6.56. The average Bonchev–Trinajstić information content (AvgIpc) is 2.18. The van der Waals surface area contributed by atoms with Crippen molar-refractivity contribution in [2.45, 2.75) is 13.3 Å². The molecule has 14 heavy (non-hydrogen) atoms. The zero-order valence-corrected chi connectivity index (χ0v) is 8.69. The Morgan fingerprint density at radius 2 is 2.21 bits per heavy atom. The molecule has 0 saturated heterocycles. The van der Waals surface area contributed by atoms with E-state index < -0.39 is 5.97 Å². The normalized spacial score (nSPS) is 10.0. The zero-order valence-electron chi connectivity index (χ0n) is 7.93. The van der Waals surface area contributed by atoms with Crippen LogP contribution in [0.25, 0.3) is 0 Å². The van der Waals surface area contributed by atoms with Gasteiger partial charge in [-0.25, -0.2) is 4.39 Å². The molecule has 0 heterocycles. The number of hydrogen-bond acceptors (Lipinski definition) is 2. The maximum Gasteiger partial charge on any atom is 0.310 e. The number of ether oxygens (including phenoxy) is 1. The van der Waals surface area contributed by atoms with E-state index in [1.165, 1.54) is 19.2 Å². The van der Waals surface area contributed by atoms with E-state index in [2.05, 4.69) is 4.74 Å². The second-order valence-corrected chi connectivity index (χ2v) is 3.29. The molecule has 0 bridgehead atoms. The molecule has 0 N–H and O–H groups in total. The second-order valence-electron chi connectivity index (χ2n) is 2.89. The molecular formula is C10H10ClFO2. The summed E-state index contributed by atoms with van der Waals surface area (Å²) < 4.78 is 17.6. The predicted octanol–water partition coefficient (Wildman–Crippen LogP) is 2.50. The van der Waals surface area contributed by atoms with Crippen LogP contribution < -0.4 is 0 Å². The molecule has 0 radical (unpaired) electrons. The number of methoxy groups -OCH3 is 1. The smallest absolute Gasteiger partial charge is 0.310 e. The van der Waals surface area contributed by atoms with Crippen molar-refractivity contribution in [3.8, 4) is 0 Å². The van der Waals surface area contributed by atoms with Crippen LogP contribution in [0.1, 0.15) is 11.1 Å². The zero-order chi connectivity index (χ0) is 10.7. The Kier molecular flexibility index (Phi) is 3.47. The van der Waals surface area contributed by atoms with E-state index in [4.69, 9.17) is 11.6 Å². The number of carbonyl (C=O) groups is 1. The molecule has 76 valence electrons. The van der Waals surface area contributed by atoms with Gasteiger partial charge in [0.1, 0.15) is 5.82 Å². The summed E-state index contributed by atoms with van der Waals surface area (Å²) >= 11 is 5.83. The Morgan fingerprint density at radius 3 is 2.79 bits per heavy atom. The molecule has 0 atom stereocenters. The molecule has 0 saturated carbocycles. The van der Waals surface area contributed by atoms with Gasteiger partial charge in [0.2, 0.25) is 0 Å². The van der Waals surface area contributed by atoms with Crippen LogP contribution in [0.5, 0.6) is 0 Å². The first-order valence-corrected chi connectivity index (χ1v) is 4.44. The fraction of sp³-hybridized carbons (Fsp3) is 0.300. The lowest BCUT2D eigenvalue weighted by Gasteiger charge is -2.07. The lowest BCUT2D eigenvalue weighted by atomic mass is 10.1. The summed E-state index contributed by atoms with van der Waals surface area (Å²) in [6.07, 6.45) is -0.00106. The number of benzene rings is 1. The summed E-state index contributed by atoms with van der Waals surface area (Å²) in [4.78, 5) is 11.0. The largest absolute Gasteiger partial charge is 0.469 e. The Bertz CT molecular complexity index is 363. The van der Waals surface area contributed by atoms with Gasteiger partial charge in [0, 0.05) is 5.02 Å². The molecule has 2 nitrogen and oxygen atoms in total. The summed E-state index contributed by atoms with van der Waals surface area (Å²) in [5.41, 5.74) is 0.876. The molecule has 0 aliphatic carbocycles. The molecule has 0 spiro atoms. The molecule has 0 unspecified atom stereocenters. The topological polar surface area (TPSA) is 26.3 Å². The van der Waals surface area contributed by atoms with E-state index in [-0.39, 0.29) is 12.2 Å². The van der Waals surface area contributed by atoms with Crippen molar-refractivity contribution in [2.75, 3.05) is 7.11 Å². The Morgan fingerprint density at radius 1 is 1.57 bits per heavy atom. The van der Waals surface area contributed by atoms with Crippen LogP contribution in [0.2, 0.25) is 5.02 Å². The fourth-order valence-corrected chi connectivity index (χ4v) is 1.40. The average molecular weight is 217 g/mol. The van der Waals surface area contributed by atoms with E-state index in [9.17, 15) is 9.18 Å². The summed E-state index contributed by atoms with van der Waals surface area (Å²) in [7, 11) is 1.28. The van der Waals surface area contributed by atoms with Crippen molar-refractivity contribution in [1.82, 2.24) is 0 Å². The van der Waals surface area contributed by atoms with Crippen molar-refractivity contribution in [3.63, 3.8) is 0 Å². The van der Waals surface area contributed by atoms with Crippen molar-refractivity contribution >= 4 is 17.6 Å². The van der Waals surface area contributed by atoms with Crippen molar-refractivity contribution in [1.29, 1.82) is 0 Å². The van der Waals surface area contributed by atoms with Crippen molar-refractivity contribution in [2.24, 2.45) is 0 Å². The second kappa shape index (κ2) is 4.42. The summed E-state index contributed by atoms with van der Waals surface area (Å²) in [5, 5.41) is 0.384. The molecule has 0 aromatic heterocycles. The van der Waals surface area contributed by atoms with Gasteiger partial charge in [-0.15, -0.1) is 0 Å². The van der Waals surface area contributed by atoms with Crippen LogP contribution in [0, 0.1) is 12.7 Å². The van der Waals surface area contributed by atoms with E-state index in [1.54, 1.807) is 6.92 Å². The molecule has 1 rings (SSSR count). The Hall–Kier alpha value is -1.09. The minimum atomic E-state index is -0.430. The van der Waals surface area contributed by atoms with Gasteiger partial charge in [-0.3, -0.25) is 4.79 Å². The molecule has 1 aromatic rings. The van der Waals surface area contributed by atoms with Crippen LogP contribution >= 0.6 is 11.6 Å². The molecule has 0 aliphatic heterocycles. The molecular weight excluding hydrogens is 207 g/mol. The number of halogens is 2. The van der Waals surface area contributed by atoms with E-state index >= 15 is 0 Å². The minimum Gasteiger partial charge on any atom is -0.469 e. The lowest BCUT2D eigenvalue weighted by molar-refractivity contribution is -0.139. The molecule has 0 aliphatic rings. The van der Waals surface area contributed by atoms with Crippen molar-refractivity contribution in [3.05, 3.63) is 34.1 Å². The molecule has 0 fully saturated rings. The molecule has 0 amide bonds. The highest BCUT2D eigenvalue weighted by Crippen LogP contribution is 2.22. The maximum atomic E-state index is 13.1. The SMILES string of the molecule is COC(=O)Cc1c(Cl)ccc(F)c1C. The fourth-order valence-electron chi connectivity index (χ4n) is 1.13. The molecule has 1 aromatic carbocycles. The first kappa shape index (κ1) is 11.0. The highest BCUT2D eigenvalue weighted by Gasteiger charge is 2.12. The van der Waals surface area contributed by atoms with Crippen LogP contribution in [0.3, 0.4) is 0 Å². The first-order valence-electron chi connectivity index (χ1n) is 4.06. The van der Waals surface area contributed by atoms with E-state index in [0.717, 1.165) is 0 Å². The van der Waals surface area contributed by atoms with E-state index in [1.807, 2.05) is 0 Å². The van der Waals surface area contributed by atoms with Gasteiger partial charge in [0.25, 0.3) is 0 Å². The van der Waals surface area contributed by atoms with Gasteiger partial charge >= 0.3 is 5.97 Å². The third-order valence-corrected chi connectivity index (χ3v) is 2.38. The maximum absolute atomic E-state index is 13.1. The van der Waals surface area contributed by atoms with Gasteiger partial charge in [-0.05, 0) is 30.2 Å². The van der Waals surface area contributed by atoms with Gasteiger partial charge in [0.15, 0.2) is 0 Å². The number of hydrogen-bond donors (Lipinski definition) is 0. The van der Waals surface area contributed by atoms with Crippen molar-refractivity contribution < 1.29 is 13.9 Å². The number of carbonyl (C=O) groups excluding carboxylic acids is 1. The highest BCUT2D eigenvalue weighted by atomic mass is 35.5. The van der Waals surface area contributed by atoms with Crippen LogP contribution in [0.15, 0.2) is 12.1 Å². The monoisotopic (exact) mass is 216 g/mol.